The molecule has 0 bridgehead atoms. The molecule has 0 saturated carbocycles. The Labute approximate surface area is 372 Å². The highest BCUT2D eigenvalue weighted by molar-refractivity contribution is 7.19. The van der Waals surface area contributed by atoms with Crippen molar-refractivity contribution in [2.45, 2.75) is 12.5 Å². The Bertz CT molecular complexity index is 3620. The van der Waals surface area contributed by atoms with E-state index in [1.165, 1.54) is 80.6 Å². The number of hydrogen-bond donors (Lipinski definition) is 0. The smallest absolute Gasteiger partial charge is 0.179 e. The first-order valence-electron chi connectivity index (χ1n) is 22.3. The van der Waals surface area contributed by atoms with Crippen LogP contribution in [-0.2, 0) is 0 Å². The summed E-state index contributed by atoms with van der Waals surface area (Å²) in [5, 5.41) is 13.0. The van der Waals surface area contributed by atoms with Crippen LogP contribution in [0.4, 0.5) is 11.4 Å². The lowest BCUT2D eigenvalue weighted by molar-refractivity contribution is 0.568. The molecule has 0 saturated heterocycles. The molecule has 0 radical (unpaired) electrons. The van der Waals surface area contributed by atoms with Crippen LogP contribution in [0.1, 0.15) is 6.42 Å². The van der Waals surface area contributed by atoms with Gasteiger partial charge in [0.15, 0.2) is 8.07 Å². The molecule has 3 heterocycles. The van der Waals surface area contributed by atoms with E-state index in [1.54, 1.807) is 0 Å². The lowest BCUT2D eigenvalue weighted by atomic mass is 9.98. The first-order valence-corrected chi connectivity index (χ1v) is 24.3. The molecule has 1 aliphatic carbocycles. The van der Waals surface area contributed by atoms with Crippen molar-refractivity contribution in [3.8, 4) is 11.1 Å². The summed E-state index contributed by atoms with van der Waals surface area (Å²) in [6, 6.07) is 83.0. The van der Waals surface area contributed by atoms with E-state index < -0.39 is 8.07 Å². The van der Waals surface area contributed by atoms with E-state index >= 15 is 0 Å². The number of anilines is 2. The Hall–Kier alpha value is -7.92. The second kappa shape index (κ2) is 14.6. The molecule has 0 fully saturated rings. The molecule has 1 aliphatic rings. The molecule has 302 valence electrons. The van der Waals surface area contributed by atoms with Crippen LogP contribution < -0.4 is 36.3 Å². The van der Waals surface area contributed by atoms with Gasteiger partial charge >= 0.3 is 0 Å². The molecule has 12 aromatic rings. The van der Waals surface area contributed by atoms with Crippen LogP contribution >= 0.6 is 0 Å². The van der Waals surface area contributed by atoms with Gasteiger partial charge in [0.25, 0.3) is 0 Å². The van der Waals surface area contributed by atoms with Crippen molar-refractivity contribution in [3.05, 3.63) is 235 Å². The highest BCUT2D eigenvalue weighted by Gasteiger charge is 2.41. The van der Waals surface area contributed by atoms with Gasteiger partial charge in [-0.25, -0.2) is 0 Å². The summed E-state index contributed by atoms with van der Waals surface area (Å²) in [5.74, 6) is 0. The largest absolute Gasteiger partial charge is 0.456 e. The van der Waals surface area contributed by atoms with E-state index in [-0.39, 0.29) is 6.04 Å². The lowest BCUT2D eigenvalue weighted by Crippen LogP contribution is -2.74. The maximum atomic E-state index is 6.53. The van der Waals surface area contributed by atoms with Gasteiger partial charge in [0.2, 0.25) is 0 Å². The molecule has 3 aromatic heterocycles. The molecule has 1 atom stereocenters. The predicted octanol–water partition coefficient (Wildman–Crippen LogP) is 10.8. The fourth-order valence-electron chi connectivity index (χ4n) is 11.0. The number of fused-ring (bicyclic) bond motifs is 9. The van der Waals surface area contributed by atoms with Gasteiger partial charge in [-0.1, -0.05) is 176 Å². The van der Waals surface area contributed by atoms with Crippen LogP contribution in [0, 0.1) is 0 Å². The molecular formula is C60H42N2OSi. The summed E-state index contributed by atoms with van der Waals surface area (Å²) in [6.07, 6.45) is 5.55. The Morgan fingerprint density at radius 2 is 0.906 bits per heavy atom. The fourth-order valence-corrected chi connectivity index (χ4v) is 15.7. The molecule has 9 aromatic carbocycles. The molecular weight excluding hydrogens is 793 g/mol. The molecule has 0 aliphatic heterocycles. The molecule has 1 unspecified atom stereocenters. The third kappa shape index (κ3) is 5.52. The molecule has 0 amide bonds. The number of aromatic nitrogens is 1. The second-order valence-corrected chi connectivity index (χ2v) is 21.0. The van der Waals surface area contributed by atoms with E-state index in [0.29, 0.717) is 0 Å². The Morgan fingerprint density at radius 1 is 0.438 bits per heavy atom. The van der Waals surface area contributed by atoms with E-state index in [9.17, 15) is 0 Å². The summed E-state index contributed by atoms with van der Waals surface area (Å²) >= 11 is 0. The van der Waals surface area contributed by atoms with Gasteiger partial charge in [-0.15, -0.1) is 0 Å². The summed E-state index contributed by atoms with van der Waals surface area (Å²) in [6.45, 7) is 0. The zero-order valence-electron chi connectivity index (χ0n) is 35.1. The number of hydrogen-bond acceptors (Lipinski definition) is 2. The number of benzene rings is 9. The van der Waals surface area contributed by atoms with Gasteiger partial charge < -0.3 is 13.7 Å². The zero-order chi connectivity index (χ0) is 42.2. The fraction of sp³-hybridized carbons (Fsp3) is 0.0333. The minimum atomic E-state index is -2.70. The number of rotatable bonds is 8. The van der Waals surface area contributed by atoms with Crippen LogP contribution in [0.2, 0.25) is 0 Å². The summed E-state index contributed by atoms with van der Waals surface area (Å²) in [4.78, 5) is 2.50. The molecule has 64 heavy (non-hydrogen) atoms. The minimum absolute atomic E-state index is 0.0313. The maximum Gasteiger partial charge on any atom is 0.179 e. The van der Waals surface area contributed by atoms with Crippen LogP contribution in [0.3, 0.4) is 0 Å². The highest BCUT2D eigenvalue weighted by Crippen LogP contribution is 2.42. The van der Waals surface area contributed by atoms with Crippen LogP contribution in [0.15, 0.2) is 229 Å². The summed E-state index contributed by atoms with van der Waals surface area (Å²) in [5.41, 5.74) is 10.4. The first-order chi connectivity index (χ1) is 31.7. The summed E-state index contributed by atoms with van der Waals surface area (Å²) in [7, 11) is -2.70. The van der Waals surface area contributed by atoms with Gasteiger partial charge in [-0.2, -0.15) is 0 Å². The molecule has 0 N–H and O–H groups in total. The van der Waals surface area contributed by atoms with Gasteiger partial charge in [-0.3, -0.25) is 0 Å². The van der Waals surface area contributed by atoms with E-state index in [2.05, 4.69) is 246 Å². The van der Waals surface area contributed by atoms with E-state index in [0.717, 1.165) is 28.8 Å². The van der Waals surface area contributed by atoms with Crippen LogP contribution in [0.25, 0.3) is 72.3 Å². The Balaban J connectivity index is 0.965. The summed E-state index contributed by atoms with van der Waals surface area (Å²) < 4.78 is 8.98. The van der Waals surface area contributed by atoms with Crippen molar-refractivity contribution in [2.75, 3.05) is 4.90 Å². The van der Waals surface area contributed by atoms with E-state index in [4.69, 9.17) is 4.42 Å². The van der Waals surface area contributed by atoms with Gasteiger partial charge in [0, 0.05) is 43.5 Å². The number of nitrogens with zero attached hydrogens (tertiary/aromatic N) is 2. The monoisotopic (exact) mass is 834 g/mol. The zero-order valence-corrected chi connectivity index (χ0v) is 36.1. The average Bonchev–Trinajstić information content (AvgIpc) is 4.03. The highest BCUT2D eigenvalue weighted by atomic mass is 28.3. The molecule has 3 nitrogen and oxygen atoms in total. The Kier molecular flexibility index (Phi) is 8.37. The topological polar surface area (TPSA) is 20.8 Å². The standard InChI is InChI=1S/C60H42N2OSi/c1-4-16-46(17-5-1)64(47-18-6-2-7-19-47,48-20-8-3-9-21-48)49-35-32-44(33-36-49)61(45-34-37-53-52-24-12-15-27-58(52)63-59(53)40-45)43-30-28-41(29-31-43)42-38-54-50-22-10-13-25-56(50)62-57-26-14-11-23-51(57)55(39-42)60(54)62/h1-33,35-40,45H,34H2. The van der Waals surface area contributed by atoms with Crippen LogP contribution in [0.5, 0.6) is 0 Å². The van der Waals surface area contributed by atoms with Gasteiger partial charge in [0.05, 0.1) is 22.6 Å². The number of furan rings is 1. The minimum Gasteiger partial charge on any atom is -0.456 e. The molecule has 13 rings (SSSR count). The van der Waals surface area contributed by atoms with Crippen molar-refractivity contribution >= 4 is 101 Å². The SMILES string of the molecule is C1=c2oc3ccccc3c2=CCC1N(c1ccc(-c2cc3c4ccccc4n4c5ccccc5c(c2)c34)cc1)c1ccc([Si](c2ccccc2)(c2ccccc2)c2ccccc2)cc1. The van der Waals surface area contributed by atoms with Gasteiger partial charge in [0.1, 0.15) is 11.0 Å². The average molecular weight is 835 g/mol. The molecule has 0 spiro atoms. The molecule has 4 heteroatoms. The van der Waals surface area contributed by atoms with Crippen molar-refractivity contribution in [2.24, 2.45) is 0 Å². The maximum absolute atomic E-state index is 6.53. The second-order valence-electron chi connectivity index (χ2n) is 17.2. The van der Waals surface area contributed by atoms with Crippen molar-refractivity contribution < 1.29 is 4.42 Å². The van der Waals surface area contributed by atoms with Crippen molar-refractivity contribution in [3.63, 3.8) is 0 Å². The van der Waals surface area contributed by atoms with E-state index in [1.807, 2.05) is 0 Å². The van der Waals surface area contributed by atoms with Crippen molar-refractivity contribution in [1.29, 1.82) is 0 Å². The predicted molar refractivity (Wildman–Crippen MR) is 272 cm³/mol. The lowest BCUT2D eigenvalue weighted by Gasteiger charge is -2.36. The third-order valence-electron chi connectivity index (χ3n) is 13.8. The van der Waals surface area contributed by atoms with Crippen molar-refractivity contribution in [1.82, 2.24) is 4.40 Å². The Morgan fingerprint density at radius 3 is 1.47 bits per heavy atom. The van der Waals surface area contributed by atoms with Crippen LogP contribution in [-0.4, -0.2) is 18.5 Å². The first kappa shape index (κ1) is 36.7. The number of para-hydroxylation sites is 3. The normalized spacial score (nSPS) is 14.0. The quantitative estimate of drug-likeness (QED) is 0.112. The van der Waals surface area contributed by atoms with Gasteiger partial charge in [-0.05, 0) is 99.0 Å². The third-order valence-corrected chi connectivity index (χ3v) is 18.6.